The average molecular weight is 192 g/mol. The van der Waals surface area contributed by atoms with Gasteiger partial charge in [0.15, 0.2) is 0 Å². The van der Waals surface area contributed by atoms with Crippen LogP contribution in [-0.4, -0.2) is 30.6 Å². The molecule has 0 unspecified atom stereocenters. The highest BCUT2D eigenvalue weighted by atomic mass is 15.2. The maximum Gasteiger partial charge on any atom is 0.226 e. The molecule has 0 radical (unpaired) electrons. The van der Waals surface area contributed by atoms with Crippen molar-refractivity contribution in [1.29, 1.82) is 0 Å². The SMILES string of the molecule is C=CCCNc1ccnc(N(C)C)n1. The Balaban J connectivity index is 2.59. The van der Waals surface area contributed by atoms with Crippen molar-refractivity contribution in [3.63, 3.8) is 0 Å². The maximum absolute atomic E-state index is 4.31. The van der Waals surface area contributed by atoms with Crippen LogP contribution in [0.5, 0.6) is 0 Å². The Morgan fingerprint density at radius 1 is 1.57 bits per heavy atom. The molecule has 1 aromatic heterocycles. The molecule has 0 aromatic carbocycles. The van der Waals surface area contributed by atoms with Crippen LogP contribution in [0.1, 0.15) is 6.42 Å². The number of rotatable bonds is 5. The summed E-state index contributed by atoms with van der Waals surface area (Å²) >= 11 is 0. The predicted molar refractivity (Wildman–Crippen MR) is 59.7 cm³/mol. The van der Waals surface area contributed by atoms with E-state index in [1.54, 1.807) is 6.20 Å². The van der Waals surface area contributed by atoms with E-state index in [9.17, 15) is 0 Å². The van der Waals surface area contributed by atoms with Crippen molar-refractivity contribution in [2.75, 3.05) is 30.9 Å². The molecular weight excluding hydrogens is 176 g/mol. The normalized spacial score (nSPS) is 9.57. The Bertz CT molecular complexity index is 296. The molecule has 1 N–H and O–H groups in total. The molecule has 0 atom stereocenters. The van der Waals surface area contributed by atoms with E-state index >= 15 is 0 Å². The lowest BCUT2D eigenvalue weighted by Crippen LogP contribution is -2.13. The van der Waals surface area contributed by atoms with Crippen molar-refractivity contribution in [3.8, 4) is 0 Å². The first-order valence-corrected chi connectivity index (χ1v) is 4.59. The van der Waals surface area contributed by atoms with Crippen LogP contribution in [0.2, 0.25) is 0 Å². The van der Waals surface area contributed by atoms with Crippen LogP contribution >= 0.6 is 0 Å². The standard InChI is InChI=1S/C10H16N4/c1-4-5-7-11-9-6-8-12-10(13-9)14(2)3/h4,6,8H,1,5,7H2,2-3H3,(H,11,12,13). The van der Waals surface area contributed by atoms with E-state index in [0.29, 0.717) is 5.95 Å². The van der Waals surface area contributed by atoms with Crippen molar-refractivity contribution in [1.82, 2.24) is 9.97 Å². The van der Waals surface area contributed by atoms with Crippen LogP contribution in [0.15, 0.2) is 24.9 Å². The number of nitrogens with one attached hydrogen (secondary N) is 1. The third kappa shape index (κ3) is 3.05. The number of hydrogen-bond acceptors (Lipinski definition) is 4. The van der Waals surface area contributed by atoms with Gasteiger partial charge in [0, 0.05) is 26.8 Å². The number of hydrogen-bond donors (Lipinski definition) is 1. The molecule has 0 saturated carbocycles. The summed E-state index contributed by atoms with van der Waals surface area (Å²) in [4.78, 5) is 10.3. The average Bonchev–Trinajstić information content (AvgIpc) is 2.19. The van der Waals surface area contributed by atoms with Crippen LogP contribution in [-0.2, 0) is 0 Å². The topological polar surface area (TPSA) is 41.1 Å². The van der Waals surface area contributed by atoms with Gasteiger partial charge >= 0.3 is 0 Å². The van der Waals surface area contributed by atoms with E-state index < -0.39 is 0 Å². The highest BCUT2D eigenvalue weighted by Crippen LogP contribution is 2.07. The summed E-state index contributed by atoms with van der Waals surface area (Å²) in [7, 11) is 3.84. The molecule has 14 heavy (non-hydrogen) atoms. The van der Waals surface area contributed by atoms with Crippen molar-refractivity contribution in [2.24, 2.45) is 0 Å². The fraction of sp³-hybridized carbons (Fsp3) is 0.400. The summed E-state index contributed by atoms with van der Waals surface area (Å²) in [5, 5.41) is 3.19. The van der Waals surface area contributed by atoms with Gasteiger partial charge in [-0.15, -0.1) is 6.58 Å². The van der Waals surface area contributed by atoms with Crippen molar-refractivity contribution in [2.45, 2.75) is 6.42 Å². The molecule has 0 aliphatic carbocycles. The molecule has 0 aliphatic heterocycles. The van der Waals surface area contributed by atoms with Gasteiger partial charge in [0.1, 0.15) is 5.82 Å². The zero-order valence-electron chi connectivity index (χ0n) is 8.70. The predicted octanol–water partition coefficient (Wildman–Crippen LogP) is 1.53. The van der Waals surface area contributed by atoms with Crippen LogP contribution < -0.4 is 10.2 Å². The first-order valence-electron chi connectivity index (χ1n) is 4.59. The third-order valence-corrected chi connectivity index (χ3v) is 1.70. The van der Waals surface area contributed by atoms with E-state index in [2.05, 4.69) is 21.9 Å². The van der Waals surface area contributed by atoms with Gasteiger partial charge in [0.2, 0.25) is 5.95 Å². The van der Waals surface area contributed by atoms with Gasteiger partial charge in [-0.25, -0.2) is 4.98 Å². The molecule has 1 heterocycles. The van der Waals surface area contributed by atoms with Crippen molar-refractivity contribution >= 4 is 11.8 Å². The smallest absolute Gasteiger partial charge is 0.226 e. The fourth-order valence-electron chi connectivity index (χ4n) is 0.965. The first-order chi connectivity index (χ1) is 6.74. The van der Waals surface area contributed by atoms with Crippen LogP contribution in [0.3, 0.4) is 0 Å². The first kappa shape index (κ1) is 10.5. The second kappa shape index (κ2) is 5.21. The van der Waals surface area contributed by atoms with Crippen molar-refractivity contribution in [3.05, 3.63) is 24.9 Å². The van der Waals surface area contributed by atoms with Crippen LogP contribution in [0.25, 0.3) is 0 Å². The Labute approximate surface area is 84.7 Å². The van der Waals surface area contributed by atoms with Gasteiger partial charge in [0.25, 0.3) is 0 Å². The molecule has 0 aliphatic rings. The summed E-state index contributed by atoms with van der Waals surface area (Å²) in [6.45, 7) is 4.51. The van der Waals surface area contributed by atoms with Crippen LogP contribution in [0, 0.1) is 0 Å². The quantitative estimate of drug-likeness (QED) is 0.567. The van der Waals surface area contributed by atoms with Crippen LogP contribution in [0.4, 0.5) is 11.8 Å². The second-order valence-electron chi connectivity index (χ2n) is 3.14. The number of nitrogens with zero attached hydrogens (tertiary/aromatic N) is 3. The Morgan fingerprint density at radius 2 is 2.36 bits per heavy atom. The van der Waals surface area contributed by atoms with E-state index in [1.165, 1.54) is 0 Å². The molecule has 0 amide bonds. The lowest BCUT2D eigenvalue weighted by atomic mass is 10.4. The zero-order valence-corrected chi connectivity index (χ0v) is 8.70. The second-order valence-corrected chi connectivity index (χ2v) is 3.14. The molecule has 0 fully saturated rings. The number of anilines is 2. The Morgan fingerprint density at radius 3 is 3.00 bits per heavy atom. The van der Waals surface area contributed by atoms with E-state index in [4.69, 9.17) is 0 Å². The molecule has 0 saturated heterocycles. The van der Waals surface area contributed by atoms with E-state index in [0.717, 1.165) is 18.8 Å². The molecule has 4 nitrogen and oxygen atoms in total. The fourth-order valence-corrected chi connectivity index (χ4v) is 0.965. The minimum atomic E-state index is 0.716. The summed E-state index contributed by atoms with van der Waals surface area (Å²) in [6.07, 6.45) is 4.56. The van der Waals surface area contributed by atoms with Gasteiger partial charge in [-0.2, -0.15) is 4.98 Å². The number of aromatic nitrogens is 2. The Kier molecular flexibility index (Phi) is 3.91. The highest BCUT2D eigenvalue weighted by Gasteiger charge is 1.99. The molecular formula is C10H16N4. The molecule has 0 bridgehead atoms. The summed E-state index contributed by atoms with van der Waals surface area (Å²) < 4.78 is 0. The Hall–Kier alpha value is -1.58. The molecule has 1 aromatic rings. The molecule has 4 heteroatoms. The lowest BCUT2D eigenvalue weighted by molar-refractivity contribution is 0.981. The van der Waals surface area contributed by atoms with Gasteiger partial charge in [-0.1, -0.05) is 6.08 Å². The minimum absolute atomic E-state index is 0.716. The molecule has 1 rings (SSSR count). The zero-order chi connectivity index (χ0) is 10.4. The minimum Gasteiger partial charge on any atom is -0.370 e. The largest absolute Gasteiger partial charge is 0.370 e. The lowest BCUT2D eigenvalue weighted by Gasteiger charge is -2.11. The van der Waals surface area contributed by atoms with Crippen molar-refractivity contribution < 1.29 is 0 Å². The molecule has 0 spiro atoms. The van der Waals surface area contributed by atoms with Gasteiger partial charge < -0.3 is 10.2 Å². The summed E-state index contributed by atoms with van der Waals surface area (Å²) in [5.74, 6) is 1.57. The van der Waals surface area contributed by atoms with E-state index in [1.807, 2.05) is 31.1 Å². The van der Waals surface area contributed by atoms with E-state index in [-0.39, 0.29) is 0 Å². The highest BCUT2D eigenvalue weighted by molar-refractivity contribution is 5.40. The van der Waals surface area contributed by atoms with Gasteiger partial charge in [-0.3, -0.25) is 0 Å². The third-order valence-electron chi connectivity index (χ3n) is 1.70. The van der Waals surface area contributed by atoms with Gasteiger partial charge in [0.05, 0.1) is 0 Å². The summed E-state index contributed by atoms with van der Waals surface area (Å²) in [6, 6.07) is 1.86. The maximum atomic E-state index is 4.31. The van der Waals surface area contributed by atoms with Gasteiger partial charge in [-0.05, 0) is 12.5 Å². The molecule has 76 valence electrons. The monoisotopic (exact) mass is 192 g/mol. The summed E-state index contributed by atoms with van der Waals surface area (Å²) in [5.41, 5.74) is 0.